The third-order valence-electron chi connectivity index (χ3n) is 2.32. The van der Waals surface area contributed by atoms with Gasteiger partial charge in [-0.15, -0.1) is 0 Å². The predicted molar refractivity (Wildman–Crippen MR) is 68.4 cm³/mol. The summed E-state index contributed by atoms with van der Waals surface area (Å²) in [6.45, 7) is 2.13. The molecule has 0 aliphatic heterocycles. The normalized spacial score (nSPS) is 10.1. The van der Waals surface area contributed by atoms with Crippen LogP contribution in [0.15, 0.2) is 36.7 Å². The molecule has 1 aromatic heterocycles. The van der Waals surface area contributed by atoms with Crippen LogP contribution in [0.4, 0.5) is 0 Å². The molecule has 0 spiro atoms. The van der Waals surface area contributed by atoms with Crippen molar-refractivity contribution in [3.8, 4) is 11.3 Å². The standard InChI is InChI=1S/C13H11ClN2O2/c1-2-18-13(17)10-5-3-9(4-6-10)11-12(14)16-8-7-15-11/h3-8H,2H2,1H3. The van der Waals surface area contributed by atoms with Gasteiger partial charge < -0.3 is 4.74 Å². The topological polar surface area (TPSA) is 52.1 Å². The van der Waals surface area contributed by atoms with Crippen molar-refractivity contribution in [3.63, 3.8) is 0 Å². The van der Waals surface area contributed by atoms with Crippen LogP contribution < -0.4 is 0 Å². The molecule has 0 N–H and O–H groups in total. The molecule has 0 amide bonds. The largest absolute Gasteiger partial charge is 0.462 e. The van der Waals surface area contributed by atoms with Crippen molar-refractivity contribution >= 4 is 17.6 Å². The van der Waals surface area contributed by atoms with Crippen LogP contribution in [0.2, 0.25) is 5.15 Å². The zero-order valence-electron chi connectivity index (χ0n) is 9.76. The van der Waals surface area contributed by atoms with E-state index in [-0.39, 0.29) is 5.97 Å². The summed E-state index contributed by atoms with van der Waals surface area (Å²) in [5.74, 6) is -0.339. The summed E-state index contributed by atoms with van der Waals surface area (Å²) in [6, 6.07) is 6.89. The maximum Gasteiger partial charge on any atom is 0.338 e. The zero-order chi connectivity index (χ0) is 13.0. The number of benzene rings is 1. The van der Waals surface area contributed by atoms with Crippen molar-refractivity contribution in [2.75, 3.05) is 6.61 Å². The Kier molecular flexibility index (Phi) is 3.89. The maximum atomic E-state index is 11.5. The van der Waals surface area contributed by atoms with Gasteiger partial charge in [-0.1, -0.05) is 23.7 Å². The fourth-order valence-corrected chi connectivity index (χ4v) is 1.71. The van der Waals surface area contributed by atoms with Crippen molar-refractivity contribution < 1.29 is 9.53 Å². The number of hydrogen-bond donors (Lipinski definition) is 0. The van der Waals surface area contributed by atoms with E-state index in [1.807, 2.05) is 0 Å². The summed E-state index contributed by atoms with van der Waals surface area (Å²) < 4.78 is 4.90. The van der Waals surface area contributed by atoms with E-state index in [1.54, 1.807) is 37.4 Å². The van der Waals surface area contributed by atoms with Crippen molar-refractivity contribution in [2.45, 2.75) is 6.92 Å². The molecule has 0 fully saturated rings. The number of carbonyl (C=O) groups excluding carboxylic acids is 1. The first-order chi connectivity index (χ1) is 8.72. The summed E-state index contributed by atoms with van der Waals surface area (Å²) >= 11 is 5.95. The maximum absolute atomic E-state index is 11.5. The summed E-state index contributed by atoms with van der Waals surface area (Å²) in [5.41, 5.74) is 1.90. The van der Waals surface area contributed by atoms with E-state index in [1.165, 1.54) is 6.20 Å². The van der Waals surface area contributed by atoms with Gasteiger partial charge in [0.1, 0.15) is 5.69 Å². The van der Waals surface area contributed by atoms with Crippen LogP contribution in [0, 0.1) is 0 Å². The Morgan fingerprint density at radius 1 is 1.22 bits per heavy atom. The number of halogens is 1. The summed E-state index contributed by atoms with van der Waals surface area (Å²) in [5, 5.41) is 0.335. The van der Waals surface area contributed by atoms with Gasteiger partial charge in [-0.05, 0) is 19.1 Å². The Morgan fingerprint density at radius 3 is 2.50 bits per heavy atom. The zero-order valence-corrected chi connectivity index (χ0v) is 10.5. The number of ether oxygens (including phenoxy) is 1. The Labute approximate surface area is 110 Å². The highest BCUT2D eigenvalue weighted by Gasteiger charge is 2.09. The number of esters is 1. The van der Waals surface area contributed by atoms with Crippen LogP contribution in [0.3, 0.4) is 0 Å². The van der Waals surface area contributed by atoms with Crippen LogP contribution in [0.5, 0.6) is 0 Å². The highest BCUT2D eigenvalue weighted by atomic mass is 35.5. The van der Waals surface area contributed by atoms with Crippen LogP contribution in [0.25, 0.3) is 11.3 Å². The SMILES string of the molecule is CCOC(=O)c1ccc(-c2nccnc2Cl)cc1. The molecule has 0 radical (unpaired) electrons. The van der Waals surface area contributed by atoms with Gasteiger partial charge in [0.2, 0.25) is 0 Å². The van der Waals surface area contributed by atoms with E-state index >= 15 is 0 Å². The lowest BCUT2D eigenvalue weighted by Gasteiger charge is -2.04. The van der Waals surface area contributed by atoms with Crippen LogP contribution in [-0.2, 0) is 4.74 Å². The molecule has 4 nitrogen and oxygen atoms in total. The predicted octanol–water partition coefficient (Wildman–Crippen LogP) is 2.97. The van der Waals surface area contributed by atoms with Crippen LogP contribution in [0.1, 0.15) is 17.3 Å². The van der Waals surface area contributed by atoms with Crippen molar-refractivity contribution in [1.29, 1.82) is 0 Å². The summed E-state index contributed by atoms with van der Waals surface area (Å²) in [6.07, 6.45) is 3.10. The average Bonchev–Trinajstić information content (AvgIpc) is 2.40. The summed E-state index contributed by atoms with van der Waals surface area (Å²) in [7, 11) is 0. The third kappa shape index (κ3) is 2.65. The molecule has 0 unspecified atom stereocenters. The Bertz CT molecular complexity index is 555. The second kappa shape index (κ2) is 5.60. The first kappa shape index (κ1) is 12.5. The van der Waals surface area contributed by atoms with E-state index in [0.29, 0.717) is 23.0 Å². The fourth-order valence-electron chi connectivity index (χ4n) is 1.49. The Hall–Kier alpha value is -1.94. The molecular weight excluding hydrogens is 252 g/mol. The smallest absolute Gasteiger partial charge is 0.338 e. The first-order valence-electron chi connectivity index (χ1n) is 5.46. The van der Waals surface area contributed by atoms with Crippen LogP contribution >= 0.6 is 11.6 Å². The lowest BCUT2D eigenvalue weighted by Crippen LogP contribution is -2.04. The molecule has 0 aliphatic carbocycles. The van der Waals surface area contributed by atoms with E-state index in [4.69, 9.17) is 16.3 Å². The van der Waals surface area contributed by atoms with Crippen molar-refractivity contribution in [1.82, 2.24) is 9.97 Å². The second-order valence-electron chi connectivity index (χ2n) is 3.49. The molecular formula is C13H11ClN2O2. The molecule has 1 heterocycles. The van der Waals surface area contributed by atoms with Gasteiger partial charge in [0, 0.05) is 18.0 Å². The number of aromatic nitrogens is 2. The number of carbonyl (C=O) groups is 1. The molecule has 0 saturated carbocycles. The molecule has 0 bridgehead atoms. The highest BCUT2D eigenvalue weighted by molar-refractivity contribution is 6.31. The average molecular weight is 263 g/mol. The van der Waals surface area contributed by atoms with Crippen LogP contribution in [-0.4, -0.2) is 22.5 Å². The minimum absolute atomic E-state index is 0.335. The Balaban J connectivity index is 2.28. The highest BCUT2D eigenvalue weighted by Crippen LogP contribution is 2.23. The number of nitrogens with zero attached hydrogens (tertiary/aromatic N) is 2. The summed E-state index contributed by atoms with van der Waals surface area (Å²) in [4.78, 5) is 19.6. The van der Waals surface area contributed by atoms with E-state index in [2.05, 4.69) is 9.97 Å². The van der Waals surface area contributed by atoms with Crippen molar-refractivity contribution in [3.05, 3.63) is 47.4 Å². The van der Waals surface area contributed by atoms with Gasteiger partial charge >= 0.3 is 5.97 Å². The number of hydrogen-bond acceptors (Lipinski definition) is 4. The van der Waals surface area contributed by atoms with Gasteiger partial charge in [0.05, 0.1) is 12.2 Å². The fraction of sp³-hybridized carbons (Fsp3) is 0.154. The third-order valence-corrected chi connectivity index (χ3v) is 2.60. The van der Waals surface area contributed by atoms with E-state index in [9.17, 15) is 4.79 Å². The van der Waals surface area contributed by atoms with Gasteiger partial charge in [0.15, 0.2) is 5.15 Å². The second-order valence-corrected chi connectivity index (χ2v) is 3.85. The quantitative estimate of drug-likeness (QED) is 0.798. The van der Waals surface area contributed by atoms with E-state index in [0.717, 1.165) is 5.56 Å². The molecule has 92 valence electrons. The molecule has 0 atom stereocenters. The van der Waals surface area contributed by atoms with Gasteiger partial charge in [0.25, 0.3) is 0 Å². The molecule has 5 heteroatoms. The van der Waals surface area contributed by atoms with E-state index < -0.39 is 0 Å². The molecule has 0 aliphatic rings. The molecule has 0 saturated heterocycles. The minimum Gasteiger partial charge on any atom is -0.462 e. The van der Waals surface area contributed by atoms with Gasteiger partial charge in [-0.3, -0.25) is 4.98 Å². The molecule has 18 heavy (non-hydrogen) atoms. The Morgan fingerprint density at radius 2 is 1.89 bits per heavy atom. The van der Waals surface area contributed by atoms with Gasteiger partial charge in [-0.25, -0.2) is 9.78 Å². The lowest BCUT2D eigenvalue weighted by atomic mass is 10.1. The van der Waals surface area contributed by atoms with Crippen molar-refractivity contribution in [2.24, 2.45) is 0 Å². The molecule has 1 aromatic carbocycles. The number of rotatable bonds is 3. The molecule has 2 aromatic rings. The van der Waals surface area contributed by atoms with Gasteiger partial charge in [-0.2, -0.15) is 0 Å². The monoisotopic (exact) mass is 262 g/mol. The minimum atomic E-state index is -0.339. The lowest BCUT2D eigenvalue weighted by molar-refractivity contribution is 0.0526. The molecule has 2 rings (SSSR count). The first-order valence-corrected chi connectivity index (χ1v) is 5.84.